The Kier molecular flexibility index (Phi) is 5.16. The Hall–Kier alpha value is -1.92. The number of carbonyl (C=O) groups excluding carboxylic acids is 2. The fourth-order valence-electron chi connectivity index (χ4n) is 2.69. The highest BCUT2D eigenvalue weighted by atomic mass is 35.5. The molecule has 0 spiro atoms. The molecule has 7 heteroatoms. The predicted octanol–water partition coefficient (Wildman–Crippen LogP) is 3.07. The Bertz CT molecular complexity index is 723. The Labute approximate surface area is 148 Å². The van der Waals surface area contributed by atoms with Crippen LogP contribution in [-0.2, 0) is 11.2 Å². The zero-order valence-corrected chi connectivity index (χ0v) is 14.4. The Morgan fingerprint density at radius 1 is 1.08 bits per heavy atom. The lowest BCUT2D eigenvalue weighted by Crippen LogP contribution is -2.51. The molecular formula is C17H16ClFN2O2S. The maximum Gasteiger partial charge on any atom is 0.258 e. The van der Waals surface area contributed by atoms with Gasteiger partial charge in [0, 0.05) is 31.1 Å². The van der Waals surface area contributed by atoms with E-state index in [2.05, 4.69) is 0 Å². The van der Waals surface area contributed by atoms with Gasteiger partial charge in [0.15, 0.2) is 0 Å². The Balaban J connectivity index is 1.60. The topological polar surface area (TPSA) is 40.6 Å². The van der Waals surface area contributed by atoms with E-state index in [4.69, 9.17) is 11.6 Å². The van der Waals surface area contributed by atoms with Crippen molar-refractivity contribution < 1.29 is 14.0 Å². The summed E-state index contributed by atoms with van der Waals surface area (Å²) >= 11 is 7.50. The Morgan fingerprint density at radius 3 is 2.42 bits per heavy atom. The van der Waals surface area contributed by atoms with Crippen LogP contribution in [0.3, 0.4) is 0 Å². The first-order valence-corrected chi connectivity index (χ1v) is 8.85. The van der Waals surface area contributed by atoms with Crippen LogP contribution in [0.15, 0.2) is 35.7 Å². The molecule has 1 aliphatic rings. The van der Waals surface area contributed by atoms with Gasteiger partial charge in [-0.1, -0.05) is 23.7 Å². The Morgan fingerprint density at radius 2 is 1.79 bits per heavy atom. The highest BCUT2D eigenvalue weighted by molar-refractivity contribution is 7.10. The van der Waals surface area contributed by atoms with Gasteiger partial charge in [-0.25, -0.2) is 4.39 Å². The molecule has 1 aromatic heterocycles. The van der Waals surface area contributed by atoms with Crippen LogP contribution in [0.4, 0.5) is 4.39 Å². The molecule has 1 aromatic carbocycles. The zero-order chi connectivity index (χ0) is 17.1. The minimum Gasteiger partial charge on any atom is -0.339 e. The summed E-state index contributed by atoms with van der Waals surface area (Å²) in [4.78, 5) is 29.1. The van der Waals surface area contributed by atoms with Gasteiger partial charge < -0.3 is 9.80 Å². The summed E-state index contributed by atoms with van der Waals surface area (Å²) in [6.45, 7) is 1.64. The molecule has 0 bridgehead atoms. The molecule has 126 valence electrons. The smallest absolute Gasteiger partial charge is 0.258 e. The molecule has 1 aliphatic heterocycles. The van der Waals surface area contributed by atoms with E-state index < -0.39 is 11.7 Å². The van der Waals surface area contributed by atoms with Crippen molar-refractivity contribution in [2.75, 3.05) is 26.2 Å². The largest absolute Gasteiger partial charge is 0.339 e. The molecule has 4 nitrogen and oxygen atoms in total. The number of benzene rings is 1. The van der Waals surface area contributed by atoms with Crippen molar-refractivity contribution in [2.45, 2.75) is 6.42 Å². The van der Waals surface area contributed by atoms with Gasteiger partial charge in [-0.3, -0.25) is 9.59 Å². The van der Waals surface area contributed by atoms with Gasteiger partial charge in [0.05, 0.1) is 17.0 Å². The van der Waals surface area contributed by atoms with Crippen molar-refractivity contribution in [1.29, 1.82) is 0 Å². The zero-order valence-electron chi connectivity index (χ0n) is 12.9. The molecule has 0 saturated carbocycles. The number of nitrogens with zero attached hydrogens (tertiary/aromatic N) is 2. The van der Waals surface area contributed by atoms with Gasteiger partial charge in [0.1, 0.15) is 5.82 Å². The lowest BCUT2D eigenvalue weighted by molar-refractivity contribution is -0.131. The first-order chi connectivity index (χ1) is 11.6. The number of rotatable bonds is 3. The summed E-state index contributed by atoms with van der Waals surface area (Å²) in [5, 5.41) is 2.05. The van der Waals surface area contributed by atoms with Crippen molar-refractivity contribution in [3.05, 3.63) is 57.0 Å². The van der Waals surface area contributed by atoms with Crippen molar-refractivity contribution >= 4 is 34.8 Å². The fourth-order valence-corrected chi connectivity index (χ4v) is 3.63. The number of hydrogen-bond acceptors (Lipinski definition) is 3. The quantitative estimate of drug-likeness (QED) is 0.837. The van der Waals surface area contributed by atoms with E-state index in [1.165, 1.54) is 18.2 Å². The number of piperazine rings is 1. The first-order valence-electron chi connectivity index (χ1n) is 7.59. The van der Waals surface area contributed by atoms with Gasteiger partial charge in [-0.2, -0.15) is 0 Å². The van der Waals surface area contributed by atoms with Crippen LogP contribution in [0.1, 0.15) is 15.2 Å². The highest BCUT2D eigenvalue weighted by Gasteiger charge is 2.27. The molecule has 2 aromatic rings. The second kappa shape index (κ2) is 7.32. The third-order valence-electron chi connectivity index (χ3n) is 4.00. The molecular weight excluding hydrogens is 351 g/mol. The summed E-state index contributed by atoms with van der Waals surface area (Å²) < 4.78 is 13.9. The van der Waals surface area contributed by atoms with Crippen molar-refractivity contribution in [3.63, 3.8) is 0 Å². The summed E-state index contributed by atoms with van der Waals surface area (Å²) in [6, 6.07) is 8.04. The first kappa shape index (κ1) is 16.9. The molecule has 1 saturated heterocycles. The van der Waals surface area contributed by atoms with Gasteiger partial charge in [0.2, 0.25) is 5.91 Å². The number of halogens is 2. The van der Waals surface area contributed by atoms with Gasteiger partial charge in [0.25, 0.3) is 5.91 Å². The summed E-state index contributed by atoms with van der Waals surface area (Å²) in [5.74, 6) is -0.999. The summed E-state index contributed by atoms with van der Waals surface area (Å²) in [7, 11) is 0. The van der Waals surface area contributed by atoms with Crippen molar-refractivity contribution in [3.8, 4) is 0 Å². The molecule has 2 amide bonds. The summed E-state index contributed by atoms with van der Waals surface area (Å²) in [5.41, 5.74) is -0.0995. The minimum atomic E-state index is -0.622. The van der Waals surface area contributed by atoms with Gasteiger partial charge in [-0.15, -0.1) is 11.3 Å². The van der Waals surface area contributed by atoms with Crippen molar-refractivity contribution in [1.82, 2.24) is 9.80 Å². The van der Waals surface area contributed by atoms with E-state index in [0.29, 0.717) is 32.6 Å². The number of amides is 2. The van der Waals surface area contributed by atoms with E-state index in [1.807, 2.05) is 17.5 Å². The van der Waals surface area contributed by atoms with E-state index in [1.54, 1.807) is 21.1 Å². The van der Waals surface area contributed by atoms with Crippen LogP contribution in [0.25, 0.3) is 0 Å². The van der Waals surface area contributed by atoms with E-state index in [-0.39, 0.29) is 16.5 Å². The normalized spacial score (nSPS) is 14.8. The monoisotopic (exact) mass is 366 g/mol. The van der Waals surface area contributed by atoms with Crippen LogP contribution in [0, 0.1) is 5.82 Å². The molecule has 2 heterocycles. The third kappa shape index (κ3) is 3.60. The average Bonchev–Trinajstić information content (AvgIpc) is 3.07. The second-order valence-electron chi connectivity index (χ2n) is 5.53. The van der Waals surface area contributed by atoms with Gasteiger partial charge in [-0.05, 0) is 23.6 Å². The molecule has 1 fully saturated rings. The molecule has 24 heavy (non-hydrogen) atoms. The SMILES string of the molecule is O=C(Cc1cccs1)N1CCN(C(=O)c2c(F)cccc2Cl)CC1. The van der Waals surface area contributed by atoms with Crippen LogP contribution in [-0.4, -0.2) is 47.8 Å². The molecule has 3 rings (SSSR count). The number of thiophene rings is 1. The predicted molar refractivity (Wildman–Crippen MR) is 91.9 cm³/mol. The van der Waals surface area contributed by atoms with Crippen LogP contribution in [0.5, 0.6) is 0 Å². The molecule has 0 radical (unpaired) electrons. The minimum absolute atomic E-state index is 0.0495. The molecule has 0 aliphatic carbocycles. The van der Waals surface area contributed by atoms with Crippen molar-refractivity contribution in [2.24, 2.45) is 0 Å². The van der Waals surface area contributed by atoms with E-state index in [0.717, 1.165) is 4.88 Å². The standard InChI is InChI=1S/C17H16ClFN2O2S/c18-13-4-1-5-14(19)16(13)17(23)21-8-6-20(7-9-21)15(22)11-12-3-2-10-24-12/h1-5,10H,6-9,11H2. The second-order valence-corrected chi connectivity index (χ2v) is 6.97. The van der Waals surface area contributed by atoms with E-state index >= 15 is 0 Å². The highest BCUT2D eigenvalue weighted by Crippen LogP contribution is 2.21. The maximum atomic E-state index is 13.9. The van der Waals surface area contributed by atoms with E-state index in [9.17, 15) is 14.0 Å². The molecule has 0 atom stereocenters. The lowest BCUT2D eigenvalue weighted by Gasteiger charge is -2.35. The van der Waals surface area contributed by atoms with Crippen LogP contribution >= 0.6 is 22.9 Å². The molecule has 0 N–H and O–H groups in total. The fraction of sp³-hybridized carbons (Fsp3) is 0.294. The van der Waals surface area contributed by atoms with Crippen LogP contribution < -0.4 is 0 Å². The average molecular weight is 367 g/mol. The number of carbonyl (C=O) groups is 2. The number of hydrogen-bond donors (Lipinski definition) is 0. The van der Waals surface area contributed by atoms with Gasteiger partial charge >= 0.3 is 0 Å². The summed E-state index contributed by atoms with van der Waals surface area (Å²) in [6.07, 6.45) is 0.380. The lowest BCUT2D eigenvalue weighted by atomic mass is 10.1. The molecule has 0 unspecified atom stereocenters. The maximum absolute atomic E-state index is 13.9. The van der Waals surface area contributed by atoms with Crippen LogP contribution in [0.2, 0.25) is 5.02 Å². The third-order valence-corrected chi connectivity index (χ3v) is 5.19.